The van der Waals surface area contributed by atoms with Gasteiger partial charge in [-0.25, -0.2) is 4.79 Å². The van der Waals surface area contributed by atoms with Gasteiger partial charge in [0.1, 0.15) is 5.75 Å². The fourth-order valence-corrected chi connectivity index (χ4v) is 1.78. The Kier molecular flexibility index (Phi) is 6.87. The first-order valence-corrected chi connectivity index (χ1v) is 7.12. The smallest absolute Gasteiger partial charge is 0.406 e. The van der Waals surface area contributed by atoms with Gasteiger partial charge < -0.3 is 19.9 Å². The van der Waals surface area contributed by atoms with Crippen LogP contribution in [0.5, 0.6) is 5.75 Å². The second-order valence-electron chi connectivity index (χ2n) is 5.32. The van der Waals surface area contributed by atoms with Crippen molar-refractivity contribution in [3.8, 4) is 5.75 Å². The molecule has 0 aliphatic heterocycles. The maximum absolute atomic E-state index is 12.1. The molecular formula is C15H20F3N3O3. The molecule has 0 aliphatic carbocycles. The lowest BCUT2D eigenvalue weighted by Gasteiger charge is -2.18. The van der Waals surface area contributed by atoms with Crippen molar-refractivity contribution in [2.45, 2.75) is 19.3 Å². The third-order valence-corrected chi connectivity index (χ3v) is 3.04. The van der Waals surface area contributed by atoms with Crippen molar-refractivity contribution in [3.05, 3.63) is 29.8 Å². The normalized spacial score (nSPS) is 10.9. The number of ether oxygens (including phenoxy) is 1. The summed E-state index contributed by atoms with van der Waals surface area (Å²) in [5.74, 6) is -0.418. The second kappa shape index (κ2) is 8.42. The van der Waals surface area contributed by atoms with Gasteiger partial charge >= 0.3 is 12.4 Å². The Hall–Kier alpha value is -2.45. The molecule has 134 valence electrons. The Morgan fingerprint density at radius 1 is 1.12 bits per heavy atom. The third kappa shape index (κ3) is 7.21. The van der Waals surface area contributed by atoms with Crippen LogP contribution in [-0.2, 0) is 11.3 Å². The van der Waals surface area contributed by atoms with E-state index in [-0.39, 0.29) is 37.2 Å². The van der Waals surface area contributed by atoms with Gasteiger partial charge in [-0.3, -0.25) is 4.79 Å². The van der Waals surface area contributed by atoms with E-state index in [1.807, 2.05) is 0 Å². The minimum absolute atomic E-state index is 0.0989. The SMILES string of the molecule is CN(C)C(=O)CCNC(=O)N(C)Cc1ccc(OC(F)(F)F)cc1. The number of carbonyl (C=O) groups is 2. The number of alkyl halides is 3. The maximum Gasteiger partial charge on any atom is 0.573 e. The number of urea groups is 1. The van der Waals surface area contributed by atoms with Gasteiger partial charge in [0, 0.05) is 40.7 Å². The molecule has 0 fully saturated rings. The summed E-state index contributed by atoms with van der Waals surface area (Å²) in [6, 6.07) is 4.88. The van der Waals surface area contributed by atoms with Crippen molar-refractivity contribution in [1.29, 1.82) is 0 Å². The van der Waals surface area contributed by atoms with Crippen LogP contribution in [0.15, 0.2) is 24.3 Å². The molecule has 0 spiro atoms. The molecule has 0 unspecified atom stereocenters. The number of nitrogens with one attached hydrogen (secondary N) is 1. The second-order valence-corrected chi connectivity index (χ2v) is 5.32. The first-order chi connectivity index (χ1) is 11.1. The highest BCUT2D eigenvalue weighted by Gasteiger charge is 2.30. The number of hydrogen-bond acceptors (Lipinski definition) is 3. The number of nitrogens with zero attached hydrogens (tertiary/aromatic N) is 2. The highest BCUT2D eigenvalue weighted by atomic mass is 19.4. The Balaban J connectivity index is 2.45. The zero-order valence-electron chi connectivity index (χ0n) is 13.7. The van der Waals surface area contributed by atoms with E-state index in [0.29, 0.717) is 5.56 Å². The molecule has 1 N–H and O–H groups in total. The Morgan fingerprint density at radius 3 is 2.21 bits per heavy atom. The minimum atomic E-state index is -4.73. The first kappa shape index (κ1) is 19.6. The molecular weight excluding hydrogens is 327 g/mol. The summed E-state index contributed by atoms with van der Waals surface area (Å²) >= 11 is 0. The van der Waals surface area contributed by atoms with E-state index in [0.717, 1.165) is 0 Å². The lowest BCUT2D eigenvalue weighted by atomic mass is 10.2. The van der Waals surface area contributed by atoms with Crippen molar-refractivity contribution in [2.75, 3.05) is 27.7 Å². The predicted molar refractivity (Wildman–Crippen MR) is 81.3 cm³/mol. The highest BCUT2D eigenvalue weighted by Crippen LogP contribution is 2.22. The van der Waals surface area contributed by atoms with Gasteiger partial charge in [-0.15, -0.1) is 13.2 Å². The van der Waals surface area contributed by atoms with E-state index in [1.54, 1.807) is 21.1 Å². The molecule has 9 heteroatoms. The quantitative estimate of drug-likeness (QED) is 0.858. The van der Waals surface area contributed by atoms with E-state index in [2.05, 4.69) is 10.1 Å². The largest absolute Gasteiger partial charge is 0.573 e. The standard InChI is InChI=1S/C15H20F3N3O3/c1-20(2)13(22)8-9-19-14(23)21(3)10-11-4-6-12(7-5-11)24-15(16,17)18/h4-7H,8-10H2,1-3H3,(H,19,23). The number of rotatable bonds is 6. The zero-order valence-corrected chi connectivity index (χ0v) is 13.7. The molecule has 0 bridgehead atoms. The summed E-state index contributed by atoms with van der Waals surface area (Å²) in [4.78, 5) is 26.0. The van der Waals surface area contributed by atoms with Crippen molar-refractivity contribution in [2.24, 2.45) is 0 Å². The zero-order chi connectivity index (χ0) is 18.3. The van der Waals surface area contributed by atoms with Gasteiger partial charge in [-0.1, -0.05) is 12.1 Å². The van der Waals surface area contributed by atoms with E-state index < -0.39 is 6.36 Å². The summed E-state index contributed by atoms with van der Waals surface area (Å²) in [7, 11) is 4.80. The average molecular weight is 347 g/mol. The number of amides is 3. The molecule has 0 aliphatic rings. The van der Waals surface area contributed by atoms with Crippen LogP contribution in [0, 0.1) is 0 Å². The highest BCUT2D eigenvalue weighted by molar-refractivity contribution is 5.77. The van der Waals surface area contributed by atoms with Crippen molar-refractivity contribution in [1.82, 2.24) is 15.1 Å². The Morgan fingerprint density at radius 2 is 1.71 bits per heavy atom. The molecule has 1 aromatic rings. The molecule has 3 amide bonds. The van der Waals surface area contributed by atoms with Gasteiger partial charge in [-0.2, -0.15) is 0 Å². The molecule has 0 saturated carbocycles. The van der Waals surface area contributed by atoms with Crippen LogP contribution in [0.2, 0.25) is 0 Å². The van der Waals surface area contributed by atoms with Crippen molar-refractivity contribution in [3.63, 3.8) is 0 Å². The fraction of sp³-hybridized carbons (Fsp3) is 0.467. The molecule has 24 heavy (non-hydrogen) atoms. The molecule has 0 aromatic heterocycles. The van der Waals surface area contributed by atoms with E-state index >= 15 is 0 Å². The predicted octanol–water partition coefficient (Wildman–Crippen LogP) is 2.20. The molecule has 6 nitrogen and oxygen atoms in total. The minimum Gasteiger partial charge on any atom is -0.406 e. The number of benzene rings is 1. The van der Waals surface area contributed by atoms with Gasteiger partial charge in [0.05, 0.1) is 0 Å². The van der Waals surface area contributed by atoms with Gasteiger partial charge in [0.15, 0.2) is 0 Å². The molecule has 0 atom stereocenters. The van der Waals surface area contributed by atoms with Crippen LogP contribution in [0.1, 0.15) is 12.0 Å². The molecule has 0 radical (unpaired) electrons. The van der Waals surface area contributed by atoms with E-state index in [4.69, 9.17) is 0 Å². The molecule has 0 saturated heterocycles. The summed E-state index contributed by atoms with van der Waals surface area (Å²) in [6.45, 7) is 0.415. The third-order valence-electron chi connectivity index (χ3n) is 3.04. The Labute approximate surface area is 138 Å². The van der Waals surface area contributed by atoms with E-state index in [1.165, 1.54) is 34.1 Å². The summed E-state index contributed by atoms with van der Waals surface area (Å²) in [5.41, 5.74) is 0.645. The van der Waals surface area contributed by atoms with Crippen molar-refractivity contribution < 1.29 is 27.5 Å². The van der Waals surface area contributed by atoms with Crippen LogP contribution in [0.25, 0.3) is 0 Å². The topological polar surface area (TPSA) is 61.9 Å². The summed E-state index contributed by atoms with van der Waals surface area (Å²) in [5, 5.41) is 2.60. The van der Waals surface area contributed by atoms with Crippen LogP contribution >= 0.6 is 0 Å². The fourth-order valence-electron chi connectivity index (χ4n) is 1.78. The van der Waals surface area contributed by atoms with Crippen LogP contribution in [-0.4, -0.2) is 55.8 Å². The van der Waals surface area contributed by atoms with Gasteiger partial charge in [0.25, 0.3) is 0 Å². The number of hydrogen-bond donors (Lipinski definition) is 1. The molecule has 1 rings (SSSR count). The van der Waals surface area contributed by atoms with Crippen LogP contribution in [0.4, 0.5) is 18.0 Å². The summed E-state index contributed by atoms with van der Waals surface area (Å²) < 4.78 is 40.0. The van der Waals surface area contributed by atoms with Gasteiger partial charge in [-0.05, 0) is 17.7 Å². The van der Waals surface area contributed by atoms with Crippen molar-refractivity contribution >= 4 is 11.9 Å². The van der Waals surface area contributed by atoms with E-state index in [9.17, 15) is 22.8 Å². The monoisotopic (exact) mass is 347 g/mol. The Bertz CT molecular complexity index is 559. The van der Waals surface area contributed by atoms with Crippen LogP contribution in [0.3, 0.4) is 0 Å². The summed E-state index contributed by atoms with van der Waals surface area (Å²) in [6.07, 6.45) is -4.54. The lowest BCUT2D eigenvalue weighted by Crippen LogP contribution is -2.38. The number of halogens is 3. The van der Waals surface area contributed by atoms with Gasteiger partial charge in [0.2, 0.25) is 5.91 Å². The molecule has 0 heterocycles. The lowest BCUT2D eigenvalue weighted by molar-refractivity contribution is -0.274. The first-order valence-electron chi connectivity index (χ1n) is 7.12. The van der Waals surface area contributed by atoms with Crippen LogP contribution < -0.4 is 10.1 Å². The average Bonchev–Trinajstić information content (AvgIpc) is 2.47. The molecule has 1 aromatic carbocycles. The number of carbonyl (C=O) groups excluding carboxylic acids is 2. The maximum atomic E-state index is 12.1.